The summed E-state index contributed by atoms with van der Waals surface area (Å²) in [5.41, 5.74) is 8.19. The fraction of sp³-hybridized carbons (Fsp3) is 0.0909. The van der Waals surface area contributed by atoms with Crippen molar-refractivity contribution in [2.24, 2.45) is 0 Å². The molecule has 2 rings (SSSR count). The van der Waals surface area contributed by atoms with Gasteiger partial charge in [-0.05, 0) is 36.1 Å². The summed E-state index contributed by atoms with van der Waals surface area (Å²) in [4.78, 5) is 1.07. The molecule has 0 aliphatic rings. The Labute approximate surface area is 86.6 Å². The lowest BCUT2D eigenvalue weighted by Gasteiger charge is -2.02. The van der Waals surface area contributed by atoms with E-state index in [4.69, 9.17) is 5.73 Å². The van der Waals surface area contributed by atoms with Crippen molar-refractivity contribution in [3.05, 3.63) is 35.2 Å². The molecule has 0 saturated carbocycles. The highest BCUT2D eigenvalue weighted by Gasteiger charge is 2.05. The molecular formula is C11H11NOS. The van der Waals surface area contributed by atoms with Crippen molar-refractivity contribution in [2.45, 2.75) is 6.92 Å². The lowest BCUT2D eigenvalue weighted by Crippen LogP contribution is -1.84. The van der Waals surface area contributed by atoms with Gasteiger partial charge >= 0.3 is 0 Å². The molecule has 0 amide bonds. The van der Waals surface area contributed by atoms with E-state index in [1.54, 1.807) is 23.5 Å². The van der Waals surface area contributed by atoms with Gasteiger partial charge in [-0.3, -0.25) is 0 Å². The summed E-state index contributed by atoms with van der Waals surface area (Å²) in [6.07, 6.45) is 0. The summed E-state index contributed by atoms with van der Waals surface area (Å²) >= 11 is 1.62. The largest absolute Gasteiger partial charge is 0.507 e. The van der Waals surface area contributed by atoms with E-state index in [-0.39, 0.29) is 5.75 Å². The van der Waals surface area contributed by atoms with E-state index in [0.717, 1.165) is 10.4 Å². The summed E-state index contributed by atoms with van der Waals surface area (Å²) in [7, 11) is 0. The topological polar surface area (TPSA) is 46.2 Å². The number of aromatic hydroxyl groups is 1. The van der Waals surface area contributed by atoms with E-state index in [1.165, 1.54) is 5.56 Å². The highest BCUT2D eigenvalue weighted by atomic mass is 32.1. The molecule has 1 heterocycles. The Hall–Kier alpha value is -1.48. The quantitative estimate of drug-likeness (QED) is 0.703. The number of anilines is 1. The molecule has 3 N–H and O–H groups in total. The van der Waals surface area contributed by atoms with Crippen LogP contribution in [0.5, 0.6) is 5.75 Å². The molecule has 0 atom stereocenters. The number of phenols is 1. The first-order valence-corrected chi connectivity index (χ1v) is 5.19. The molecule has 14 heavy (non-hydrogen) atoms. The minimum atomic E-state index is 0.242. The summed E-state index contributed by atoms with van der Waals surface area (Å²) < 4.78 is 0. The maximum Gasteiger partial charge on any atom is 0.126 e. The van der Waals surface area contributed by atoms with Crippen molar-refractivity contribution in [1.29, 1.82) is 0 Å². The van der Waals surface area contributed by atoms with Crippen LogP contribution in [-0.4, -0.2) is 5.11 Å². The Balaban J connectivity index is 2.52. The van der Waals surface area contributed by atoms with Gasteiger partial charge in [0.05, 0.1) is 0 Å². The van der Waals surface area contributed by atoms with Gasteiger partial charge in [0.15, 0.2) is 0 Å². The summed E-state index contributed by atoms with van der Waals surface area (Å²) in [6, 6.07) is 7.26. The van der Waals surface area contributed by atoms with E-state index in [0.29, 0.717) is 5.69 Å². The van der Waals surface area contributed by atoms with Crippen molar-refractivity contribution < 1.29 is 5.11 Å². The molecule has 0 fully saturated rings. The second-order valence-electron chi connectivity index (χ2n) is 3.26. The van der Waals surface area contributed by atoms with E-state index < -0.39 is 0 Å². The molecule has 1 aromatic heterocycles. The summed E-state index contributed by atoms with van der Waals surface area (Å²) in [5.74, 6) is 0.242. The zero-order valence-corrected chi connectivity index (χ0v) is 8.64. The zero-order chi connectivity index (χ0) is 10.1. The van der Waals surface area contributed by atoms with Crippen molar-refractivity contribution in [2.75, 3.05) is 5.73 Å². The first-order valence-electron chi connectivity index (χ1n) is 4.31. The third-order valence-electron chi connectivity index (χ3n) is 2.02. The van der Waals surface area contributed by atoms with Gasteiger partial charge in [0.25, 0.3) is 0 Å². The third-order valence-corrected chi connectivity index (χ3v) is 3.10. The highest BCUT2D eigenvalue weighted by Crippen LogP contribution is 2.34. The number of hydrogen-bond acceptors (Lipinski definition) is 3. The van der Waals surface area contributed by atoms with E-state index in [2.05, 4.69) is 11.4 Å². The van der Waals surface area contributed by atoms with Crippen molar-refractivity contribution in [3.8, 4) is 16.2 Å². The van der Waals surface area contributed by atoms with Gasteiger partial charge < -0.3 is 10.8 Å². The number of benzene rings is 1. The molecule has 0 unspecified atom stereocenters. The number of thiophene rings is 1. The molecule has 0 bridgehead atoms. The number of rotatable bonds is 1. The summed E-state index contributed by atoms with van der Waals surface area (Å²) in [6.45, 7) is 2.04. The monoisotopic (exact) mass is 205 g/mol. The van der Waals surface area contributed by atoms with Gasteiger partial charge in [-0.25, -0.2) is 0 Å². The van der Waals surface area contributed by atoms with Crippen molar-refractivity contribution >= 4 is 17.0 Å². The number of nitrogens with two attached hydrogens (primary N) is 1. The zero-order valence-electron chi connectivity index (χ0n) is 7.82. The normalized spacial score (nSPS) is 10.4. The maximum absolute atomic E-state index is 9.68. The van der Waals surface area contributed by atoms with E-state index in [1.807, 2.05) is 13.0 Å². The molecule has 3 heteroatoms. The molecule has 2 nitrogen and oxygen atoms in total. The third kappa shape index (κ3) is 1.59. The van der Waals surface area contributed by atoms with Gasteiger partial charge in [0, 0.05) is 22.2 Å². The fourth-order valence-corrected chi connectivity index (χ4v) is 2.26. The van der Waals surface area contributed by atoms with Crippen LogP contribution in [-0.2, 0) is 0 Å². The SMILES string of the molecule is Cc1csc(-c2ccc(N)cc2O)c1. The van der Waals surface area contributed by atoms with Crippen molar-refractivity contribution in [3.63, 3.8) is 0 Å². The van der Waals surface area contributed by atoms with Crippen LogP contribution in [0.4, 0.5) is 5.69 Å². The molecule has 0 radical (unpaired) electrons. The van der Waals surface area contributed by atoms with Crippen molar-refractivity contribution in [1.82, 2.24) is 0 Å². The smallest absolute Gasteiger partial charge is 0.126 e. The molecular weight excluding hydrogens is 194 g/mol. The Morgan fingerprint density at radius 2 is 2.07 bits per heavy atom. The minimum Gasteiger partial charge on any atom is -0.507 e. The molecule has 0 saturated heterocycles. The fourth-order valence-electron chi connectivity index (χ4n) is 1.33. The Bertz CT molecular complexity index is 462. The predicted octanol–water partition coefficient (Wildman–Crippen LogP) is 3.01. The number of phenolic OH excluding ortho intramolecular Hbond substituents is 1. The van der Waals surface area contributed by atoms with Crippen LogP contribution in [0.15, 0.2) is 29.6 Å². The molecule has 0 spiro atoms. The average Bonchev–Trinajstić information content (AvgIpc) is 2.51. The maximum atomic E-state index is 9.68. The lowest BCUT2D eigenvalue weighted by atomic mass is 10.1. The number of hydrogen-bond donors (Lipinski definition) is 2. The predicted molar refractivity (Wildman–Crippen MR) is 60.6 cm³/mol. The molecule has 0 aliphatic heterocycles. The molecule has 1 aromatic carbocycles. The van der Waals surface area contributed by atoms with E-state index in [9.17, 15) is 5.11 Å². The second kappa shape index (κ2) is 3.35. The van der Waals surface area contributed by atoms with Gasteiger partial charge in [-0.1, -0.05) is 0 Å². The van der Waals surface area contributed by atoms with Crippen LogP contribution < -0.4 is 5.73 Å². The molecule has 2 aromatic rings. The first kappa shape index (κ1) is 9.09. The van der Waals surface area contributed by atoms with Gasteiger partial charge in [0.2, 0.25) is 0 Å². The molecule has 72 valence electrons. The second-order valence-corrected chi connectivity index (χ2v) is 4.18. The summed E-state index contributed by atoms with van der Waals surface area (Å²) in [5, 5.41) is 11.7. The number of nitrogen functional groups attached to an aromatic ring is 1. The Morgan fingerprint density at radius 3 is 2.64 bits per heavy atom. The molecule has 0 aliphatic carbocycles. The first-order chi connectivity index (χ1) is 6.66. The van der Waals surface area contributed by atoms with Gasteiger partial charge in [-0.2, -0.15) is 0 Å². The Morgan fingerprint density at radius 1 is 1.29 bits per heavy atom. The van der Waals surface area contributed by atoms with E-state index >= 15 is 0 Å². The highest BCUT2D eigenvalue weighted by molar-refractivity contribution is 7.13. The van der Waals surface area contributed by atoms with Crippen LogP contribution in [0.25, 0.3) is 10.4 Å². The van der Waals surface area contributed by atoms with Crippen LogP contribution in [0.3, 0.4) is 0 Å². The van der Waals surface area contributed by atoms with Crippen LogP contribution >= 0.6 is 11.3 Å². The average molecular weight is 205 g/mol. The number of aryl methyl sites for hydroxylation is 1. The lowest BCUT2D eigenvalue weighted by molar-refractivity contribution is 0.478. The standard InChI is InChI=1S/C11H11NOS/c1-7-4-11(14-6-7)9-3-2-8(12)5-10(9)13/h2-6,13H,12H2,1H3. The van der Waals surface area contributed by atoms with Gasteiger partial charge in [0.1, 0.15) is 5.75 Å². The van der Waals surface area contributed by atoms with Crippen LogP contribution in [0.2, 0.25) is 0 Å². The minimum absolute atomic E-state index is 0.242. The van der Waals surface area contributed by atoms with Gasteiger partial charge in [-0.15, -0.1) is 11.3 Å². The van der Waals surface area contributed by atoms with Crippen LogP contribution in [0.1, 0.15) is 5.56 Å². The van der Waals surface area contributed by atoms with Crippen LogP contribution in [0, 0.1) is 6.92 Å². The Kier molecular flexibility index (Phi) is 2.17.